The number of aryl methyl sites for hydroxylation is 2. The van der Waals surface area contributed by atoms with E-state index in [1.807, 2.05) is 13.8 Å². The van der Waals surface area contributed by atoms with Crippen molar-refractivity contribution in [3.05, 3.63) is 51.2 Å². The minimum Gasteiger partial charge on any atom is -0.457 e. The summed E-state index contributed by atoms with van der Waals surface area (Å²) < 4.78 is 34.4. The highest BCUT2D eigenvalue weighted by atomic mass is 32.2. The summed E-state index contributed by atoms with van der Waals surface area (Å²) in [6.45, 7) is 3.92. The molecule has 0 aromatic carbocycles. The summed E-state index contributed by atoms with van der Waals surface area (Å²) in [5, 5.41) is 0. The lowest BCUT2D eigenvalue weighted by Crippen LogP contribution is -2.33. The van der Waals surface area contributed by atoms with Gasteiger partial charge in [-0.3, -0.25) is 24.1 Å². The van der Waals surface area contributed by atoms with Gasteiger partial charge in [0.1, 0.15) is 23.9 Å². The molecule has 0 amide bonds. The van der Waals surface area contributed by atoms with Gasteiger partial charge in [0, 0.05) is 32.5 Å². The minimum absolute atomic E-state index is 0.0423. The SMILES string of the molecule is CCCCn1c(=O)[nH]c(=O)c2c1nc(COC(=O)CN(C)S(=O)(=O)c1cccnc1)n2CCC. The first kappa shape index (κ1) is 25.3. The molecule has 0 unspecified atom stereocenters. The second kappa shape index (κ2) is 10.7. The van der Waals surface area contributed by atoms with Gasteiger partial charge < -0.3 is 9.30 Å². The van der Waals surface area contributed by atoms with Gasteiger partial charge in [0.05, 0.1) is 0 Å². The van der Waals surface area contributed by atoms with Gasteiger partial charge in [-0.2, -0.15) is 4.31 Å². The van der Waals surface area contributed by atoms with Gasteiger partial charge in [-0.05, 0) is 25.0 Å². The Morgan fingerprint density at radius 1 is 1.18 bits per heavy atom. The molecule has 0 bridgehead atoms. The number of ether oxygens (including phenoxy) is 1. The van der Waals surface area contributed by atoms with Gasteiger partial charge in [-0.15, -0.1) is 0 Å². The number of sulfonamides is 1. The number of carbonyl (C=O) groups is 1. The maximum absolute atomic E-state index is 12.6. The number of nitrogens with zero attached hydrogens (tertiary/aromatic N) is 5. The van der Waals surface area contributed by atoms with E-state index < -0.39 is 33.8 Å². The molecule has 184 valence electrons. The molecule has 0 saturated heterocycles. The van der Waals surface area contributed by atoms with Crippen molar-refractivity contribution in [1.82, 2.24) is 28.4 Å². The smallest absolute Gasteiger partial charge is 0.330 e. The fourth-order valence-electron chi connectivity index (χ4n) is 3.45. The molecule has 0 atom stereocenters. The summed E-state index contributed by atoms with van der Waals surface area (Å²) in [5.74, 6) is -0.494. The second-order valence-electron chi connectivity index (χ2n) is 7.73. The third-order valence-corrected chi connectivity index (χ3v) is 6.99. The third kappa shape index (κ3) is 5.25. The lowest BCUT2D eigenvalue weighted by Gasteiger charge is -2.16. The number of nitrogens with one attached hydrogen (secondary N) is 1. The summed E-state index contributed by atoms with van der Waals surface area (Å²) in [6.07, 6.45) is 4.89. The number of pyridine rings is 1. The fourth-order valence-corrected chi connectivity index (χ4v) is 4.53. The molecule has 3 heterocycles. The van der Waals surface area contributed by atoms with Crippen LogP contribution in [0.5, 0.6) is 0 Å². The number of fused-ring (bicyclic) bond motifs is 1. The second-order valence-corrected chi connectivity index (χ2v) is 9.77. The van der Waals surface area contributed by atoms with Crippen molar-refractivity contribution in [3.8, 4) is 0 Å². The Hall–Kier alpha value is -3.32. The van der Waals surface area contributed by atoms with Crippen molar-refractivity contribution in [1.29, 1.82) is 0 Å². The topological polar surface area (TPSA) is 149 Å². The van der Waals surface area contributed by atoms with Crippen LogP contribution in [0, 0.1) is 0 Å². The van der Waals surface area contributed by atoms with Crippen LogP contribution in [-0.4, -0.2) is 56.4 Å². The molecule has 0 saturated carbocycles. The normalized spacial score (nSPS) is 11.9. The molecule has 0 fully saturated rings. The maximum Gasteiger partial charge on any atom is 0.330 e. The molecular formula is C21H28N6O6S. The van der Waals surface area contributed by atoms with E-state index in [4.69, 9.17) is 4.74 Å². The minimum atomic E-state index is -3.91. The molecule has 0 aliphatic heterocycles. The van der Waals surface area contributed by atoms with Crippen LogP contribution in [0.2, 0.25) is 0 Å². The molecule has 3 aromatic heterocycles. The molecule has 1 N–H and O–H groups in total. The number of likely N-dealkylation sites (N-methyl/N-ethyl adjacent to an activating group) is 1. The van der Waals surface area contributed by atoms with Crippen LogP contribution in [0.4, 0.5) is 0 Å². The number of aromatic amines is 1. The molecule has 3 aromatic rings. The van der Waals surface area contributed by atoms with E-state index >= 15 is 0 Å². The Kier molecular flexibility index (Phi) is 7.99. The molecule has 0 spiro atoms. The average Bonchev–Trinajstić information content (AvgIpc) is 3.17. The van der Waals surface area contributed by atoms with Crippen LogP contribution in [-0.2, 0) is 39.3 Å². The molecular weight excluding hydrogens is 464 g/mol. The van der Waals surface area contributed by atoms with E-state index in [2.05, 4.69) is 15.0 Å². The van der Waals surface area contributed by atoms with Crippen molar-refractivity contribution in [2.75, 3.05) is 13.6 Å². The third-order valence-electron chi connectivity index (χ3n) is 5.20. The van der Waals surface area contributed by atoms with Gasteiger partial charge in [-0.25, -0.2) is 18.2 Å². The van der Waals surface area contributed by atoms with Gasteiger partial charge in [0.25, 0.3) is 5.56 Å². The fraction of sp³-hybridized carbons (Fsp3) is 0.476. The van der Waals surface area contributed by atoms with Gasteiger partial charge in [0.15, 0.2) is 11.2 Å². The monoisotopic (exact) mass is 492 g/mol. The van der Waals surface area contributed by atoms with Crippen molar-refractivity contribution in [3.63, 3.8) is 0 Å². The summed E-state index contributed by atoms with van der Waals surface area (Å²) in [7, 11) is -2.65. The number of H-pyrrole nitrogens is 1. The first-order valence-electron chi connectivity index (χ1n) is 10.9. The lowest BCUT2D eigenvalue weighted by atomic mass is 10.3. The number of esters is 1. The zero-order valence-electron chi connectivity index (χ0n) is 19.4. The van der Waals surface area contributed by atoms with E-state index in [1.165, 1.54) is 36.1 Å². The Morgan fingerprint density at radius 2 is 1.94 bits per heavy atom. The van der Waals surface area contributed by atoms with Crippen LogP contribution in [0.1, 0.15) is 38.9 Å². The Labute approximate surface area is 196 Å². The van der Waals surface area contributed by atoms with Crippen LogP contribution in [0.3, 0.4) is 0 Å². The largest absolute Gasteiger partial charge is 0.457 e. The van der Waals surface area contributed by atoms with Crippen molar-refractivity contribution in [2.45, 2.75) is 57.7 Å². The van der Waals surface area contributed by atoms with E-state index in [0.717, 1.165) is 17.1 Å². The van der Waals surface area contributed by atoms with E-state index in [-0.39, 0.29) is 22.7 Å². The summed E-state index contributed by atoms with van der Waals surface area (Å²) >= 11 is 0. The number of imidazole rings is 1. The van der Waals surface area contributed by atoms with Crippen LogP contribution in [0.25, 0.3) is 11.2 Å². The van der Waals surface area contributed by atoms with Crippen LogP contribution >= 0.6 is 0 Å². The van der Waals surface area contributed by atoms with Gasteiger partial charge in [-0.1, -0.05) is 20.3 Å². The summed E-state index contributed by atoms with van der Waals surface area (Å²) in [5.41, 5.74) is -0.635. The maximum atomic E-state index is 12.6. The Morgan fingerprint density at radius 3 is 2.59 bits per heavy atom. The number of rotatable bonds is 11. The summed E-state index contributed by atoms with van der Waals surface area (Å²) in [6, 6.07) is 2.87. The zero-order valence-corrected chi connectivity index (χ0v) is 20.2. The quantitative estimate of drug-likeness (QED) is 0.387. The predicted octanol–water partition coefficient (Wildman–Crippen LogP) is 0.855. The zero-order chi connectivity index (χ0) is 24.9. The highest BCUT2D eigenvalue weighted by Crippen LogP contribution is 2.15. The standard InChI is InChI=1S/C21H28N6O6S/c1-4-6-11-27-19-18(20(29)24-21(27)30)26(10-5-2)16(23-19)14-33-17(28)13-25(3)34(31,32)15-8-7-9-22-12-15/h7-9,12H,4-6,10-11,13-14H2,1-3H3,(H,24,29,30). The predicted molar refractivity (Wildman–Crippen MR) is 124 cm³/mol. The molecule has 0 aliphatic carbocycles. The molecule has 0 radical (unpaired) electrons. The van der Waals surface area contributed by atoms with E-state index in [0.29, 0.717) is 25.3 Å². The first-order valence-corrected chi connectivity index (χ1v) is 12.4. The van der Waals surface area contributed by atoms with Crippen molar-refractivity contribution in [2.24, 2.45) is 0 Å². The lowest BCUT2D eigenvalue weighted by molar-refractivity contribution is -0.145. The van der Waals surface area contributed by atoms with Gasteiger partial charge in [0.2, 0.25) is 10.0 Å². The van der Waals surface area contributed by atoms with Crippen molar-refractivity contribution >= 4 is 27.2 Å². The molecule has 12 nitrogen and oxygen atoms in total. The first-order chi connectivity index (χ1) is 16.2. The average molecular weight is 493 g/mol. The van der Waals surface area contributed by atoms with Crippen molar-refractivity contribution < 1.29 is 17.9 Å². The number of aromatic nitrogens is 5. The molecule has 13 heteroatoms. The highest BCUT2D eigenvalue weighted by molar-refractivity contribution is 7.89. The molecule has 3 rings (SSSR count). The number of hydrogen-bond acceptors (Lipinski definition) is 8. The number of carbonyl (C=O) groups excluding carboxylic acids is 1. The van der Waals surface area contributed by atoms with Crippen LogP contribution < -0.4 is 11.2 Å². The van der Waals surface area contributed by atoms with E-state index in [9.17, 15) is 22.8 Å². The van der Waals surface area contributed by atoms with Gasteiger partial charge >= 0.3 is 11.7 Å². The number of unbranched alkanes of at least 4 members (excludes halogenated alkanes) is 1. The summed E-state index contributed by atoms with van der Waals surface area (Å²) in [4.78, 5) is 47.8. The Balaban J connectivity index is 1.83. The molecule has 0 aliphatic rings. The van der Waals surface area contributed by atoms with Crippen LogP contribution in [0.15, 0.2) is 39.0 Å². The van der Waals surface area contributed by atoms with E-state index in [1.54, 1.807) is 4.57 Å². The highest BCUT2D eigenvalue weighted by Gasteiger charge is 2.24. The molecule has 34 heavy (non-hydrogen) atoms. The number of hydrogen-bond donors (Lipinski definition) is 1. The Bertz CT molecular complexity index is 1380.